The number of aliphatic hydroxyl groups excluding tert-OH is 2. The summed E-state index contributed by atoms with van der Waals surface area (Å²) < 4.78 is 0. The zero-order chi connectivity index (χ0) is 17.0. The molecule has 1 aromatic heterocycles. The summed E-state index contributed by atoms with van der Waals surface area (Å²) in [6, 6.07) is 1.06. The van der Waals surface area contributed by atoms with Crippen molar-refractivity contribution < 1.29 is 10.2 Å². The molecule has 24 heavy (non-hydrogen) atoms. The molecule has 0 spiro atoms. The van der Waals surface area contributed by atoms with Crippen molar-refractivity contribution in [1.82, 2.24) is 20.2 Å². The molecule has 6 atom stereocenters. The molecule has 0 amide bonds. The van der Waals surface area contributed by atoms with Gasteiger partial charge < -0.3 is 25.4 Å². The molecule has 0 bridgehead atoms. The molecule has 0 aliphatic carbocycles. The maximum absolute atomic E-state index is 11.5. The normalized spacial score (nSPS) is 35.9. The zero-order valence-corrected chi connectivity index (χ0v) is 13.3. The van der Waals surface area contributed by atoms with Gasteiger partial charge in [-0.3, -0.25) is 14.8 Å². The number of hydrogen-bond acceptors (Lipinski definition) is 7. The SMILES string of the molecule is C[C@@H]1[C@H]2CN=C3N[C@H](C(O)c4cc(=O)[nH]c(=O)[nH]4)C[C@@H](C[C@@H]1O)N32. The fourth-order valence-corrected chi connectivity index (χ4v) is 4.15. The van der Waals surface area contributed by atoms with Gasteiger partial charge in [0.15, 0.2) is 5.96 Å². The Labute approximate surface area is 137 Å². The molecule has 2 fully saturated rings. The van der Waals surface area contributed by atoms with Crippen LogP contribution in [0.3, 0.4) is 0 Å². The van der Waals surface area contributed by atoms with Crippen molar-refractivity contribution in [3.8, 4) is 0 Å². The fraction of sp³-hybridized carbons (Fsp3) is 0.667. The maximum atomic E-state index is 11.5. The van der Waals surface area contributed by atoms with Crippen molar-refractivity contribution in [2.45, 2.75) is 50.1 Å². The minimum absolute atomic E-state index is 0.0806. The molecule has 3 aliphatic rings. The number of aliphatic imine (C=N–C) groups is 1. The van der Waals surface area contributed by atoms with Crippen LogP contribution >= 0.6 is 0 Å². The summed E-state index contributed by atoms with van der Waals surface area (Å²) in [4.78, 5) is 34.2. The summed E-state index contributed by atoms with van der Waals surface area (Å²) in [5.74, 6) is 0.876. The van der Waals surface area contributed by atoms with E-state index in [1.165, 1.54) is 6.07 Å². The van der Waals surface area contributed by atoms with Gasteiger partial charge in [0.1, 0.15) is 6.10 Å². The molecular formula is C15H21N5O4. The number of nitrogens with one attached hydrogen (secondary N) is 3. The Morgan fingerprint density at radius 3 is 2.88 bits per heavy atom. The molecule has 0 radical (unpaired) electrons. The Kier molecular flexibility index (Phi) is 3.50. The van der Waals surface area contributed by atoms with Crippen LogP contribution in [0.4, 0.5) is 0 Å². The lowest BCUT2D eigenvalue weighted by atomic mass is 9.81. The van der Waals surface area contributed by atoms with Crippen molar-refractivity contribution in [2.24, 2.45) is 10.9 Å². The Balaban J connectivity index is 1.60. The van der Waals surface area contributed by atoms with Crippen LogP contribution in [0, 0.1) is 5.92 Å². The number of guanidine groups is 1. The first-order valence-corrected chi connectivity index (χ1v) is 8.23. The Morgan fingerprint density at radius 2 is 2.12 bits per heavy atom. The Morgan fingerprint density at radius 1 is 1.33 bits per heavy atom. The van der Waals surface area contributed by atoms with Gasteiger partial charge in [-0.25, -0.2) is 4.79 Å². The second-order valence-corrected chi connectivity index (χ2v) is 6.93. The van der Waals surface area contributed by atoms with Crippen molar-refractivity contribution >= 4 is 5.96 Å². The van der Waals surface area contributed by atoms with E-state index in [-0.39, 0.29) is 35.8 Å². The summed E-state index contributed by atoms with van der Waals surface area (Å²) in [6.07, 6.45) is -0.218. The lowest BCUT2D eigenvalue weighted by Gasteiger charge is -2.50. The number of aromatic nitrogens is 2. The van der Waals surface area contributed by atoms with Crippen LogP contribution in [0.15, 0.2) is 20.6 Å². The van der Waals surface area contributed by atoms with E-state index >= 15 is 0 Å². The van der Waals surface area contributed by atoms with Crippen LogP contribution in [-0.4, -0.2) is 61.8 Å². The van der Waals surface area contributed by atoms with Crippen molar-refractivity contribution in [2.75, 3.05) is 6.54 Å². The number of aliphatic hydroxyl groups is 2. The molecule has 4 rings (SSSR count). The van der Waals surface area contributed by atoms with Crippen LogP contribution in [-0.2, 0) is 0 Å². The Bertz CT molecular complexity index is 758. The van der Waals surface area contributed by atoms with Gasteiger partial charge in [-0.05, 0) is 12.8 Å². The highest BCUT2D eigenvalue weighted by Gasteiger charge is 2.48. The van der Waals surface area contributed by atoms with E-state index in [4.69, 9.17) is 0 Å². The average molecular weight is 335 g/mol. The lowest BCUT2D eigenvalue weighted by molar-refractivity contribution is -0.0201. The summed E-state index contributed by atoms with van der Waals surface area (Å²) >= 11 is 0. The van der Waals surface area contributed by atoms with Gasteiger partial charge in [-0.1, -0.05) is 6.92 Å². The molecule has 1 aromatic rings. The smallest absolute Gasteiger partial charge is 0.325 e. The number of H-pyrrole nitrogens is 2. The second kappa shape index (κ2) is 5.45. The number of rotatable bonds is 2. The first kappa shape index (κ1) is 15.4. The monoisotopic (exact) mass is 335 g/mol. The van der Waals surface area contributed by atoms with Crippen LogP contribution < -0.4 is 16.6 Å². The van der Waals surface area contributed by atoms with E-state index < -0.39 is 17.4 Å². The molecule has 130 valence electrons. The molecule has 9 heteroatoms. The minimum Gasteiger partial charge on any atom is -0.393 e. The number of aromatic amines is 2. The molecule has 0 aromatic carbocycles. The third kappa shape index (κ3) is 2.35. The molecule has 9 nitrogen and oxygen atoms in total. The van der Waals surface area contributed by atoms with Crippen LogP contribution in [0.1, 0.15) is 31.6 Å². The largest absolute Gasteiger partial charge is 0.393 e. The van der Waals surface area contributed by atoms with Crippen LogP contribution in [0.25, 0.3) is 0 Å². The van der Waals surface area contributed by atoms with E-state index in [2.05, 4.69) is 25.2 Å². The zero-order valence-electron chi connectivity index (χ0n) is 13.3. The van der Waals surface area contributed by atoms with Crippen molar-refractivity contribution in [1.29, 1.82) is 0 Å². The van der Waals surface area contributed by atoms with E-state index in [9.17, 15) is 19.8 Å². The predicted molar refractivity (Wildman–Crippen MR) is 85.7 cm³/mol. The number of piperidine rings is 1. The number of hydrogen-bond donors (Lipinski definition) is 5. The predicted octanol–water partition coefficient (Wildman–Crippen LogP) is -1.73. The lowest BCUT2D eigenvalue weighted by Crippen LogP contribution is -2.65. The van der Waals surface area contributed by atoms with Gasteiger partial charge in [0.2, 0.25) is 0 Å². The molecule has 0 saturated carbocycles. The van der Waals surface area contributed by atoms with Crippen molar-refractivity contribution in [3.63, 3.8) is 0 Å². The van der Waals surface area contributed by atoms with E-state index in [0.717, 1.165) is 5.96 Å². The van der Waals surface area contributed by atoms with Gasteiger partial charge in [-0.15, -0.1) is 0 Å². The minimum atomic E-state index is -1.04. The van der Waals surface area contributed by atoms with Gasteiger partial charge in [0, 0.05) is 18.0 Å². The van der Waals surface area contributed by atoms with Gasteiger partial charge >= 0.3 is 5.69 Å². The highest BCUT2D eigenvalue weighted by Crippen LogP contribution is 2.37. The topological polar surface area (TPSA) is 134 Å². The average Bonchev–Trinajstić information content (AvgIpc) is 2.95. The second-order valence-electron chi connectivity index (χ2n) is 6.93. The fourth-order valence-electron chi connectivity index (χ4n) is 4.15. The summed E-state index contributed by atoms with van der Waals surface area (Å²) in [7, 11) is 0. The third-order valence-electron chi connectivity index (χ3n) is 5.47. The first-order chi connectivity index (χ1) is 11.4. The maximum Gasteiger partial charge on any atom is 0.325 e. The molecule has 5 N–H and O–H groups in total. The highest BCUT2D eigenvalue weighted by molar-refractivity contribution is 5.83. The molecule has 2 saturated heterocycles. The van der Waals surface area contributed by atoms with Gasteiger partial charge in [-0.2, -0.15) is 0 Å². The van der Waals surface area contributed by atoms with Crippen molar-refractivity contribution in [3.05, 3.63) is 32.6 Å². The first-order valence-electron chi connectivity index (χ1n) is 8.23. The molecular weight excluding hydrogens is 314 g/mol. The summed E-state index contributed by atoms with van der Waals surface area (Å²) in [5.41, 5.74) is -1.02. The summed E-state index contributed by atoms with van der Waals surface area (Å²) in [6.45, 7) is 2.66. The highest BCUT2D eigenvalue weighted by atomic mass is 16.3. The number of nitrogens with zero attached hydrogens (tertiary/aromatic N) is 2. The van der Waals surface area contributed by atoms with Crippen LogP contribution in [0.5, 0.6) is 0 Å². The molecule has 3 aliphatic heterocycles. The van der Waals surface area contributed by atoms with Gasteiger partial charge in [0.25, 0.3) is 5.56 Å². The quantitative estimate of drug-likeness (QED) is 0.436. The molecule has 4 heterocycles. The Hall–Kier alpha value is -2.13. The third-order valence-corrected chi connectivity index (χ3v) is 5.47. The van der Waals surface area contributed by atoms with E-state index in [0.29, 0.717) is 19.4 Å². The van der Waals surface area contributed by atoms with Crippen LogP contribution in [0.2, 0.25) is 0 Å². The van der Waals surface area contributed by atoms with E-state index in [1.54, 1.807) is 0 Å². The van der Waals surface area contributed by atoms with Gasteiger partial charge in [0.05, 0.1) is 30.4 Å². The molecule has 1 unspecified atom stereocenters. The van der Waals surface area contributed by atoms with E-state index in [1.807, 2.05) is 6.92 Å². The summed E-state index contributed by atoms with van der Waals surface area (Å²) in [5, 5.41) is 24.1. The standard InChI is InChI=1S/C15H21N5O4/c1-6-10-5-16-14-17-8(2-7(20(10)14)3-11(6)21)13(23)9-4-12(22)19-15(24)18-9/h4,6-8,10-11,13,21,23H,2-3,5H2,1H3,(H,16,17)(H2,18,19,22,24)/t6-,7+,8+,10-,11+,13?/m1/s1.